The fourth-order valence-electron chi connectivity index (χ4n) is 1.98. The van der Waals surface area contributed by atoms with Gasteiger partial charge >= 0.3 is 0 Å². The van der Waals surface area contributed by atoms with Gasteiger partial charge in [0.25, 0.3) is 0 Å². The molecular formula is C11H22N2O4S. The highest BCUT2D eigenvalue weighted by Gasteiger charge is 2.26. The van der Waals surface area contributed by atoms with Crippen LogP contribution in [0.3, 0.4) is 0 Å². The van der Waals surface area contributed by atoms with E-state index in [0.29, 0.717) is 13.2 Å². The molecule has 2 N–H and O–H groups in total. The first-order chi connectivity index (χ1) is 8.31. The zero-order valence-electron chi connectivity index (χ0n) is 11.0. The van der Waals surface area contributed by atoms with Crippen LogP contribution < -0.4 is 5.73 Å². The second kappa shape index (κ2) is 6.49. The van der Waals surface area contributed by atoms with Gasteiger partial charge in [-0.25, -0.2) is 8.42 Å². The van der Waals surface area contributed by atoms with Crippen LogP contribution in [-0.2, 0) is 19.4 Å². The molecule has 0 aromatic heterocycles. The monoisotopic (exact) mass is 278 g/mol. The van der Waals surface area contributed by atoms with E-state index in [4.69, 9.17) is 10.5 Å². The van der Waals surface area contributed by atoms with E-state index in [9.17, 15) is 13.2 Å². The summed E-state index contributed by atoms with van der Waals surface area (Å²) >= 11 is 0. The van der Waals surface area contributed by atoms with E-state index < -0.39 is 15.9 Å². The summed E-state index contributed by atoms with van der Waals surface area (Å²) in [7, 11) is -1.35. The van der Waals surface area contributed by atoms with Gasteiger partial charge in [-0.2, -0.15) is 0 Å². The van der Waals surface area contributed by atoms with Crippen molar-refractivity contribution in [1.82, 2.24) is 4.90 Å². The lowest BCUT2D eigenvalue weighted by Crippen LogP contribution is -2.48. The first kappa shape index (κ1) is 15.4. The van der Waals surface area contributed by atoms with Crippen molar-refractivity contribution < 1.29 is 17.9 Å². The Labute approximate surface area is 108 Å². The van der Waals surface area contributed by atoms with E-state index in [1.54, 1.807) is 11.9 Å². The number of hydrogen-bond donors (Lipinski definition) is 1. The number of amides is 1. The lowest BCUT2D eigenvalue weighted by Gasteiger charge is -2.32. The van der Waals surface area contributed by atoms with E-state index in [0.717, 1.165) is 19.1 Å². The van der Waals surface area contributed by atoms with Crippen LogP contribution in [0.5, 0.6) is 0 Å². The van der Waals surface area contributed by atoms with Crippen molar-refractivity contribution in [3.8, 4) is 0 Å². The molecular weight excluding hydrogens is 256 g/mol. The van der Waals surface area contributed by atoms with E-state index >= 15 is 0 Å². The van der Waals surface area contributed by atoms with Crippen molar-refractivity contribution in [3.63, 3.8) is 0 Å². The molecule has 0 unspecified atom stereocenters. The Hall–Kier alpha value is -0.660. The highest BCUT2D eigenvalue weighted by Crippen LogP contribution is 2.14. The number of nitrogens with two attached hydrogens (primary N) is 1. The van der Waals surface area contributed by atoms with Crippen LogP contribution >= 0.6 is 0 Å². The SMILES string of the molecule is CN(C(=O)[C@H](N)CCS(C)(=O)=O)C1CCOCC1. The van der Waals surface area contributed by atoms with Gasteiger partial charge in [0.2, 0.25) is 5.91 Å². The minimum atomic E-state index is -3.07. The zero-order valence-corrected chi connectivity index (χ0v) is 11.8. The third kappa shape index (κ3) is 4.91. The Morgan fingerprint density at radius 3 is 2.50 bits per heavy atom. The van der Waals surface area contributed by atoms with Gasteiger partial charge in [-0.1, -0.05) is 0 Å². The fraction of sp³-hybridized carbons (Fsp3) is 0.909. The van der Waals surface area contributed by atoms with Gasteiger partial charge in [0, 0.05) is 32.6 Å². The Morgan fingerprint density at radius 2 is 2.00 bits per heavy atom. The molecule has 1 amide bonds. The van der Waals surface area contributed by atoms with Crippen LogP contribution in [0.1, 0.15) is 19.3 Å². The second-order valence-electron chi connectivity index (χ2n) is 4.82. The molecule has 0 radical (unpaired) electrons. The summed E-state index contributed by atoms with van der Waals surface area (Å²) < 4.78 is 27.3. The third-order valence-electron chi connectivity index (χ3n) is 3.20. The predicted octanol–water partition coefficient (Wildman–Crippen LogP) is -0.614. The van der Waals surface area contributed by atoms with Gasteiger partial charge in [0.15, 0.2) is 0 Å². The van der Waals surface area contributed by atoms with Crippen molar-refractivity contribution in [3.05, 3.63) is 0 Å². The quantitative estimate of drug-likeness (QED) is 0.724. The van der Waals surface area contributed by atoms with Gasteiger partial charge in [-0.3, -0.25) is 4.79 Å². The molecule has 1 rings (SSSR count). The fourth-order valence-corrected chi connectivity index (χ4v) is 2.66. The summed E-state index contributed by atoms with van der Waals surface area (Å²) in [4.78, 5) is 13.7. The zero-order chi connectivity index (χ0) is 13.8. The van der Waals surface area contributed by atoms with Gasteiger partial charge in [0.1, 0.15) is 9.84 Å². The van der Waals surface area contributed by atoms with Gasteiger partial charge in [-0.05, 0) is 19.3 Å². The topological polar surface area (TPSA) is 89.7 Å². The third-order valence-corrected chi connectivity index (χ3v) is 4.18. The molecule has 1 aliphatic rings. The normalized spacial score (nSPS) is 19.5. The number of ether oxygens (including phenoxy) is 1. The van der Waals surface area contributed by atoms with E-state index in [2.05, 4.69) is 0 Å². The van der Waals surface area contributed by atoms with Crippen molar-refractivity contribution >= 4 is 15.7 Å². The molecule has 106 valence electrons. The number of carbonyl (C=O) groups is 1. The highest BCUT2D eigenvalue weighted by molar-refractivity contribution is 7.90. The molecule has 6 nitrogen and oxygen atoms in total. The molecule has 7 heteroatoms. The molecule has 1 saturated heterocycles. The number of rotatable bonds is 5. The summed E-state index contributed by atoms with van der Waals surface area (Å²) in [6.45, 7) is 1.31. The van der Waals surface area contributed by atoms with Crippen LogP contribution in [0, 0.1) is 0 Å². The smallest absolute Gasteiger partial charge is 0.239 e. The Morgan fingerprint density at radius 1 is 1.44 bits per heavy atom. The average molecular weight is 278 g/mol. The molecule has 0 aromatic rings. The molecule has 0 spiro atoms. The van der Waals surface area contributed by atoms with E-state index in [1.807, 2.05) is 0 Å². The number of hydrogen-bond acceptors (Lipinski definition) is 5. The maximum absolute atomic E-state index is 12.0. The molecule has 0 aliphatic carbocycles. The standard InChI is InChI=1S/C11H22N2O4S/c1-13(9-3-6-17-7-4-9)11(14)10(12)5-8-18(2,15)16/h9-10H,3-8,12H2,1-2H3/t10-/m1/s1. The molecule has 1 heterocycles. The van der Waals surface area contributed by atoms with Crippen molar-refractivity contribution in [1.29, 1.82) is 0 Å². The number of carbonyl (C=O) groups excluding carboxylic acids is 1. The van der Waals surface area contributed by atoms with Gasteiger partial charge in [-0.15, -0.1) is 0 Å². The molecule has 1 fully saturated rings. The first-order valence-electron chi connectivity index (χ1n) is 6.09. The largest absolute Gasteiger partial charge is 0.381 e. The Bertz CT molecular complexity index is 377. The van der Waals surface area contributed by atoms with Crippen LogP contribution in [0.25, 0.3) is 0 Å². The van der Waals surface area contributed by atoms with Crippen molar-refractivity contribution in [2.75, 3.05) is 32.3 Å². The lowest BCUT2D eigenvalue weighted by molar-refractivity contribution is -0.135. The summed E-state index contributed by atoms with van der Waals surface area (Å²) in [6, 6.07) is -0.594. The van der Waals surface area contributed by atoms with Crippen molar-refractivity contribution in [2.45, 2.75) is 31.3 Å². The summed E-state index contributed by atoms with van der Waals surface area (Å²) in [5.74, 6) is -0.243. The molecule has 0 aromatic carbocycles. The van der Waals surface area contributed by atoms with Crippen LogP contribution in [-0.4, -0.2) is 63.6 Å². The van der Waals surface area contributed by atoms with Gasteiger partial charge in [0.05, 0.1) is 11.8 Å². The molecule has 0 bridgehead atoms. The summed E-state index contributed by atoms with van der Waals surface area (Å²) in [6.07, 6.45) is 2.93. The van der Waals surface area contributed by atoms with Crippen molar-refractivity contribution in [2.24, 2.45) is 5.73 Å². The first-order valence-corrected chi connectivity index (χ1v) is 8.15. The maximum Gasteiger partial charge on any atom is 0.239 e. The Kier molecular flexibility index (Phi) is 5.55. The predicted molar refractivity (Wildman–Crippen MR) is 68.9 cm³/mol. The van der Waals surface area contributed by atoms with Gasteiger partial charge < -0.3 is 15.4 Å². The van der Waals surface area contributed by atoms with E-state index in [-0.39, 0.29) is 24.1 Å². The van der Waals surface area contributed by atoms with Crippen LogP contribution in [0.2, 0.25) is 0 Å². The van der Waals surface area contributed by atoms with Crippen LogP contribution in [0.15, 0.2) is 0 Å². The summed E-state index contributed by atoms with van der Waals surface area (Å²) in [5.41, 5.74) is 5.75. The second-order valence-corrected chi connectivity index (χ2v) is 7.08. The highest BCUT2D eigenvalue weighted by atomic mass is 32.2. The maximum atomic E-state index is 12.0. The van der Waals surface area contributed by atoms with E-state index in [1.165, 1.54) is 0 Å². The molecule has 0 saturated carbocycles. The average Bonchev–Trinajstić information content (AvgIpc) is 2.34. The molecule has 1 aliphatic heterocycles. The lowest BCUT2D eigenvalue weighted by atomic mass is 10.1. The molecule has 18 heavy (non-hydrogen) atoms. The minimum Gasteiger partial charge on any atom is -0.381 e. The van der Waals surface area contributed by atoms with Crippen LogP contribution in [0.4, 0.5) is 0 Å². The number of likely N-dealkylation sites (N-methyl/N-ethyl adjacent to an activating group) is 1. The number of sulfone groups is 1. The Balaban J connectivity index is 2.46. The summed E-state index contributed by atoms with van der Waals surface area (Å²) in [5, 5.41) is 0. The minimum absolute atomic E-state index is 0.0540. The molecule has 1 atom stereocenters. The number of nitrogens with zero attached hydrogens (tertiary/aromatic N) is 1.